The molecule has 0 aliphatic carbocycles. The van der Waals surface area contributed by atoms with Gasteiger partial charge in [0.2, 0.25) is 5.88 Å². The van der Waals surface area contributed by atoms with E-state index >= 15 is 0 Å². The van der Waals surface area contributed by atoms with Crippen LogP contribution < -0.4 is 14.5 Å². The van der Waals surface area contributed by atoms with E-state index in [2.05, 4.69) is 19.9 Å². The molecule has 2 aromatic rings. The van der Waals surface area contributed by atoms with Gasteiger partial charge < -0.3 is 19.3 Å². The summed E-state index contributed by atoms with van der Waals surface area (Å²) in [6.07, 6.45) is 5.45. The van der Waals surface area contributed by atoms with Crippen LogP contribution in [-0.4, -0.2) is 61.0 Å². The fourth-order valence-corrected chi connectivity index (χ4v) is 3.80. The summed E-state index contributed by atoms with van der Waals surface area (Å²) in [6.45, 7) is 3.26. The lowest BCUT2D eigenvalue weighted by atomic mass is 9.79. The Morgan fingerprint density at radius 2 is 2.15 bits per heavy atom. The molecule has 1 spiro atoms. The first-order valence-corrected chi connectivity index (χ1v) is 9.08. The zero-order valence-electron chi connectivity index (χ0n) is 15.3. The minimum atomic E-state index is -0.0588. The zero-order valence-corrected chi connectivity index (χ0v) is 15.3. The second-order valence-electron chi connectivity index (χ2n) is 7.19. The second-order valence-corrected chi connectivity index (χ2v) is 7.19. The number of anilines is 2. The molecule has 2 fully saturated rings. The Bertz CT molecular complexity index is 734. The third-order valence-corrected chi connectivity index (χ3v) is 5.29. The molecule has 0 radical (unpaired) electrons. The number of nitrogens with zero attached hydrogens (tertiary/aromatic N) is 5. The molecule has 2 aliphatic heterocycles. The molecule has 0 unspecified atom stereocenters. The standard InChI is InChI=1S/C19H25N5O2/c1-23(2)16-11-17(22-14-21-16)24-12-19(13-24)15(7-10-26-19)6-9-25-18-5-3-4-8-20-18/h3-5,8,11,14-15H,6-7,9-10,12-13H2,1-2H3/t15-/m0/s1. The largest absolute Gasteiger partial charge is 0.478 e. The summed E-state index contributed by atoms with van der Waals surface area (Å²) in [4.78, 5) is 17.2. The van der Waals surface area contributed by atoms with Crippen molar-refractivity contribution in [3.63, 3.8) is 0 Å². The van der Waals surface area contributed by atoms with E-state index in [-0.39, 0.29) is 5.60 Å². The number of hydrogen-bond donors (Lipinski definition) is 0. The van der Waals surface area contributed by atoms with E-state index in [1.165, 1.54) is 0 Å². The highest BCUT2D eigenvalue weighted by Crippen LogP contribution is 2.43. The van der Waals surface area contributed by atoms with Crippen LogP contribution >= 0.6 is 0 Å². The van der Waals surface area contributed by atoms with Crippen molar-refractivity contribution in [3.8, 4) is 5.88 Å². The molecule has 2 aromatic heterocycles. The van der Waals surface area contributed by atoms with Gasteiger partial charge in [0.05, 0.1) is 19.7 Å². The van der Waals surface area contributed by atoms with Gasteiger partial charge in [-0.1, -0.05) is 6.07 Å². The maximum atomic E-state index is 6.15. The smallest absolute Gasteiger partial charge is 0.213 e. The van der Waals surface area contributed by atoms with Crippen LogP contribution in [0.25, 0.3) is 0 Å². The molecule has 1 atom stereocenters. The number of pyridine rings is 1. The molecule has 4 heterocycles. The highest BCUT2D eigenvalue weighted by molar-refractivity contribution is 5.52. The zero-order chi connectivity index (χ0) is 18.0. The summed E-state index contributed by atoms with van der Waals surface area (Å²) in [5.74, 6) is 3.09. The molecule has 7 nitrogen and oxygen atoms in total. The molecular formula is C19H25N5O2. The fourth-order valence-electron chi connectivity index (χ4n) is 3.80. The number of ether oxygens (including phenoxy) is 2. The second kappa shape index (κ2) is 7.07. The van der Waals surface area contributed by atoms with Gasteiger partial charge in [-0.05, 0) is 24.8 Å². The van der Waals surface area contributed by atoms with E-state index in [1.54, 1.807) is 12.5 Å². The number of hydrogen-bond acceptors (Lipinski definition) is 7. The van der Waals surface area contributed by atoms with E-state index in [1.807, 2.05) is 43.3 Å². The van der Waals surface area contributed by atoms with Crippen molar-refractivity contribution in [1.82, 2.24) is 15.0 Å². The third-order valence-electron chi connectivity index (χ3n) is 5.29. The molecule has 2 aliphatic rings. The van der Waals surface area contributed by atoms with Crippen molar-refractivity contribution >= 4 is 11.6 Å². The van der Waals surface area contributed by atoms with Crippen LogP contribution in [0.1, 0.15) is 12.8 Å². The van der Waals surface area contributed by atoms with Crippen molar-refractivity contribution in [2.45, 2.75) is 18.4 Å². The molecule has 0 bridgehead atoms. The van der Waals surface area contributed by atoms with Crippen molar-refractivity contribution in [3.05, 3.63) is 36.8 Å². The Labute approximate surface area is 154 Å². The van der Waals surface area contributed by atoms with Gasteiger partial charge in [0.1, 0.15) is 23.6 Å². The molecule has 7 heteroatoms. The predicted octanol–water partition coefficient (Wildman–Crippen LogP) is 2.00. The SMILES string of the molecule is CN(C)c1cc(N2CC3(C2)OCC[C@@H]3CCOc2ccccn2)ncn1. The Kier molecular flexibility index (Phi) is 4.63. The minimum absolute atomic E-state index is 0.0588. The fraction of sp³-hybridized carbons (Fsp3) is 0.526. The van der Waals surface area contributed by atoms with Crippen LogP contribution in [0, 0.1) is 5.92 Å². The van der Waals surface area contributed by atoms with Gasteiger partial charge in [0.15, 0.2) is 0 Å². The average molecular weight is 355 g/mol. The summed E-state index contributed by atoms with van der Waals surface area (Å²) >= 11 is 0. The molecule has 2 saturated heterocycles. The minimum Gasteiger partial charge on any atom is -0.478 e. The first-order valence-electron chi connectivity index (χ1n) is 9.08. The quantitative estimate of drug-likeness (QED) is 0.785. The van der Waals surface area contributed by atoms with Crippen LogP contribution in [0.5, 0.6) is 5.88 Å². The van der Waals surface area contributed by atoms with Crippen LogP contribution in [0.15, 0.2) is 36.8 Å². The third kappa shape index (κ3) is 3.31. The van der Waals surface area contributed by atoms with Crippen molar-refractivity contribution in [2.24, 2.45) is 5.92 Å². The Balaban J connectivity index is 1.34. The van der Waals surface area contributed by atoms with E-state index in [0.717, 1.165) is 44.2 Å². The van der Waals surface area contributed by atoms with Gasteiger partial charge in [-0.15, -0.1) is 0 Å². The molecular weight excluding hydrogens is 330 g/mol. The van der Waals surface area contributed by atoms with Gasteiger partial charge in [0.25, 0.3) is 0 Å². The van der Waals surface area contributed by atoms with Gasteiger partial charge in [-0.2, -0.15) is 0 Å². The average Bonchev–Trinajstić information content (AvgIpc) is 3.05. The summed E-state index contributed by atoms with van der Waals surface area (Å²) < 4.78 is 11.9. The van der Waals surface area contributed by atoms with Crippen molar-refractivity contribution in [1.29, 1.82) is 0 Å². The van der Waals surface area contributed by atoms with E-state index in [9.17, 15) is 0 Å². The van der Waals surface area contributed by atoms with Crippen LogP contribution in [0.3, 0.4) is 0 Å². The van der Waals surface area contributed by atoms with Crippen molar-refractivity contribution in [2.75, 3.05) is 50.2 Å². The summed E-state index contributed by atoms with van der Waals surface area (Å²) in [5.41, 5.74) is -0.0588. The van der Waals surface area contributed by atoms with Crippen LogP contribution in [-0.2, 0) is 4.74 Å². The first-order chi connectivity index (χ1) is 12.7. The molecule has 0 saturated carbocycles. The number of aromatic nitrogens is 3. The lowest BCUT2D eigenvalue weighted by molar-refractivity contribution is -0.0478. The first kappa shape index (κ1) is 17.0. The summed E-state index contributed by atoms with van der Waals surface area (Å²) in [5, 5.41) is 0. The predicted molar refractivity (Wildman–Crippen MR) is 99.7 cm³/mol. The Hall–Kier alpha value is -2.41. The van der Waals surface area contributed by atoms with Crippen LogP contribution in [0.4, 0.5) is 11.6 Å². The van der Waals surface area contributed by atoms with Gasteiger partial charge in [-0.3, -0.25) is 0 Å². The molecule has 138 valence electrons. The maximum Gasteiger partial charge on any atom is 0.213 e. The Morgan fingerprint density at radius 3 is 2.92 bits per heavy atom. The van der Waals surface area contributed by atoms with Gasteiger partial charge in [0, 0.05) is 39.0 Å². The van der Waals surface area contributed by atoms with Gasteiger partial charge in [-0.25, -0.2) is 15.0 Å². The molecule has 4 rings (SSSR count). The topological polar surface area (TPSA) is 63.6 Å². The highest BCUT2D eigenvalue weighted by atomic mass is 16.5. The lowest BCUT2D eigenvalue weighted by Gasteiger charge is -2.50. The molecule has 0 amide bonds. The Morgan fingerprint density at radius 1 is 1.27 bits per heavy atom. The van der Waals surface area contributed by atoms with E-state index in [0.29, 0.717) is 18.4 Å². The van der Waals surface area contributed by atoms with Crippen molar-refractivity contribution < 1.29 is 9.47 Å². The highest BCUT2D eigenvalue weighted by Gasteiger charge is 2.53. The number of rotatable bonds is 6. The monoisotopic (exact) mass is 355 g/mol. The normalized spacial score (nSPS) is 20.8. The lowest BCUT2D eigenvalue weighted by Crippen LogP contribution is -2.65. The van der Waals surface area contributed by atoms with E-state index < -0.39 is 0 Å². The summed E-state index contributed by atoms with van der Waals surface area (Å²) in [6, 6.07) is 7.75. The van der Waals surface area contributed by atoms with Crippen LogP contribution in [0.2, 0.25) is 0 Å². The van der Waals surface area contributed by atoms with E-state index in [4.69, 9.17) is 9.47 Å². The molecule has 26 heavy (non-hydrogen) atoms. The molecule has 0 N–H and O–H groups in total. The van der Waals surface area contributed by atoms with Gasteiger partial charge >= 0.3 is 0 Å². The molecule has 0 aromatic carbocycles. The summed E-state index contributed by atoms with van der Waals surface area (Å²) in [7, 11) is 3.98. The maximum absolute atomic E-state index is 6.15.